The molecule has 0 N–H and O–H groups in total. The number of hydrogen-bond donors (Lipinski definition) is 0. The number of rotatable bonds is 2. The molecule has 0 spiro atoms. The van der Waals surface area contributed by atoms with E-state index in [1.165, 1.54) is 11.3 Å². The predicted octanol–water partition coefficient (Wildman–Crippen LogP) is 5.06. The molecule has 1 amide bonds. The highest BCUT2D eigenvalue weighted by Gasteiger charge is 2.29. The zero-order chi connectivity index (χ0) is 16.4. The summed E-state index contributed by atoms with van der Waals surface area (Å²) in [5.74, 6) is 0.760. The van der Waals surface area contributed by atoms with Gasteiger partial charge in [-0.1, -0.05) is 41.4 Å². The molecular formula is C16H15Cl2NO3S. The maximum Gasteiger partial charge on any atom is 0.411 e. The van der Waals surface area contributed by atoms with Crippen molar-refractivity contribution >= 4 is 40.6 Å². The third kappa shape index (κ3) is 3.91. The second kappa shape index (κ2) is 6.99. The normalized spacial score (nSPS) is 18.6. The molecular weight excluding hydrogens is 357 g/mol. The van der Waals surface area contributed by atoms with Crippen molar-refractivity contribution in [2.24, 2.45) is 0 Å². The highest BCUT2D eigenvalue weighted by molar-refractivity contribution is 7.16. The molecule has 1 aromatic heterocycles. The van der Waals surface area contributed by atoms with Gasteiger partial charge >= 0.3 is 6.09 Å². The molecule has 0 aliphatic carbocycles. The molecule has 2 unspecified atom stereocenters. The van der Waals surface area contributed by atoms with Gasteiger partial charge in [-0.05, 0) is 25.1 Å². The van der Waals surface area contributed by atoms with Crippen molar-refractivity contribution in [3.8, 4) is 5.75 Å². The van der Waals surface area contributed by atoms with E-state index in [0.29, 0.717) is 17.4 Å². The topological polar surface area (TPSA) is 38.8 Å². The lowest BCUT2D eigenvalue weighted by Gasteiger charge is -2.23. The summed E-state index contributed by atoms with van der Waals surface area (Å²) in [7, 11) is 0. The molecule has 4 nitrogen and oxygen atoms in total. The number of halogens is 2. The number of nitrogens with zero attached hydrogens (tertiary/aromatic N) is 1. The monoisotopic (exact) mass is 371 g/mol. The Bertz CT molecular complexity index is 704. The highest BCUT2D eigenvalue weighted by atomic mass is 35.5. The van der Waals surface area contributed by atoms with Gasteiger partial charge in [-0.15, -0.1) is 11.3 Å². The fourth-order valence-corrected chi connectivity index (χ4v) is 3.57. The van der Waals surface area contributed by atoms with Gasteiger partial charge in [-0.2, -0.15) is 0 Å². The number of thiophene rings is 1. The molecule has 122 valence electrons. The fourth-order valence-electron chi connectivity index (χ4n) is 2.41. The first-order valence-electron chi connectivity index (χ1n) is 7.12. The van der Waals surface area contributed by atoms with E-state index in [2.05, 4.69) is 0 Å². The number of ether oxygens (including phenoxy) is 2. The van der Waals surface area contributed by atoms with Crippen LogP contribution in [0, 0.1) is 0 Å². The fraction of sp³-hybridized carbons (Fsp3) is 0.312. The molecule has 1 aliphatic heterocycles. The Morgan fingerprint density at radius 3 is 2.87 bits per heavy atom. The molecule has 0 saturated heterocycles. The van der Waals surface area contributed by atoms with Gasteiger partial charge in [0.25, 0.3) is 0 Å². The van der Waals surface area contributed by atoms with Crippen LogP contribution in [0.1, 0.15) is 23.5 Å². The first-order chi connectivity index (χ1) is 11.0. The summed E-state index contributed by atoms with van der Waals surface area (Å²) in [6.07, 6.45) is -0.755. The molecule has 0 bridgehead atoms. The number of carbonyl (C=O) groups is 1. The van der Waals surface area contributed by atoms with E-state index in [9.17, 15) is 4.79 Å². The number of para-hydroxylation sites is 1. The lowest BCUT2D eigenvalue weighted by molar-refractivity contribution is 0.0795. The van der Waals surface area contributed by atoms with Crippen molar-refractivity contribution in [1.29, 1.82) is 0 Å². The maximum atomic E-state index is 12.3. The van der Waals surface area contributed by atoms with Crippen LogP contribution in [0.2, 0.25) is 4.34 Å². The van der Waals surface area contributed by atoms with Crippen LogP contribution in [0.25, 0.3) is 0 Å². The Morgan fingerprint density at radius 2 is 2.17 bits per heavy atom. The van der Waals surface area contributed by atoms with E-state index in [4.69, 9.17) is 32.7 Å². The Morgan fingerprint density at radius 1 is 1.39 bits per heavy atom. The molecule has 0 saturated carbocycles. The Kier molecular flexibility index (Phi) is 4.99. The second-order valence-corrected chi connectivity index (χ2v) is 7.52. The van der Waals surface area contributed by atoms with Crippen LogP contribution in [-0.4, -0.2) is 23.1 Å². The first kappa shape index (κ1) is 16.4. The molecule has 1 aliphatic rings. The SMILES string of the molecule is CC(Cl)OC(=O)N1Cc2ccccc2OC(c2ccc(Cl)s2)C1. The number of benzene rings is 1. The van der Waals surface area contributed by atoms with Gasteiger partial charge in [0.2, 0.25) is 0 Å². The van der Waals surface area contributed by atoms with Gasteiger partial charge in [0, 0.05) is 10.4 Å². The van der Waals surface area contributed by atoms with Crippen LogP contribution in [0.5, 0.6) is 5.75 Å². The smallest absolute Gasteiger partial charge is 0.411 e. The summed E-state index contributed by atoms with van der Waals surface area (Å²) in [5, 5.41) is 0. The summed E-state index contributed by atoms with van der Waals surface area (Å²) in [6, 6.07) is 11.4. The molecule has 0 radical (unpaired) electrons. The van der Waals surface area contributed by atoms with Gasteiger partial charge in [-0.3, -0.25) is 4.90 Å². The number of carbonyl (C=O) groups excluding carboxylic acids is 1. The molecule has 3 rings (SSSR count). The number of alkyl halides is 1. The summed E-state index contributed by atoms with van der Waals surface area (Å²) in [6.45, 7) is 2.39. The molecule has 2 heterocycles. The van der Waals surface area contributed by atoms with Crippen molar-refractivity contribution < 1.29 is 14.3 Å². The average Bonchev–Trinajstić information content (AvgIpc) is 2.83. The molecule has 2 atom stereocenters. The third-order valence-corrected chi connectivity index (χ3v) is 4.83. The summed E-state index contributed by atoms with van der Waals surface area (Å²) in [4.78, 5) is 14.9. The van der Waals surface area contributed by atoms with Crippen LogP contribution in [0.15, 0.2) is 36.4 Å². The lowest BCUT2D eigenvalue weighted by Crippen LogP contribution is -2.35. The van der Waals surface area contributed by atoms with Crippen molar-refractivity contribution in [2.75, 3.05) is 6.54 Å². The number of fused-ring (bicyclic) bond motifs is 1. The maximum absolute atomic E-state index is 12.3. The van der Waals surface area contributed by atoms with E-state index in [1.54, 1.807) is 11.8 Å². The van der Waals surface area contributed by atoms with E-state index in [-0.39, 0.29) is 6.10 Å². The van der Waals surface area contributed by atoms with Crippen molar-refractivity contribution in [2.45, 2.75) is 25.1 Å². The zero-order valence-electron chi connectivity index (χ0n) is 12.4. The quantitative estimate of drug-likeness (QED) is 0.692. The summed E-state index contributed by atoms with van der Waals surface area (Å²) < 4.78 is 11.9. The predicted molar refractivity (Wildman–Crippen MR) is 91.3 cm³/mol. The third-order valence-electron chi connectivity index (χ3n) is 3.42. The molecule has 1 aromatic carbocycles. The first-order valence-corrected chi connectivity index (χ1v) is 8.75. The van der Waals surface area contributed by atoms with E-state index >= 15 is 0 Å². The Labute approximate surface area is 148 Å². The highest BCUT2D eigenvalue weighted by Crippen LogP contribution is 2.35. The molecule has 7 heteroatoms. The van der Waals surface area contributed by atoms with Crippen molar-refractivity contribution in [1.82, 2.24) is 4.90 Å². The van der Waals surface area contributed by atoms with E-state index in [1.807, 2.05) is 36.4 Å². The largest absolute Gasteiger partial charge is 0.483 e. The zero-order valence-corrected chi connectivity index (χ0v) is 14.7. The summed E-state index contributed by atoms with van der Waals surface area (Å²) >= 11 is 13.2. The van der Waals surface area contributed by atoms with Crippen molar-refractivity contribution in [3.63, 3.8) is 0 Å². The van der Waals surface area contributed by atoms with Crippen LogP contribution < -0.4 is 4.74 Å². The van der Waals surface area contributed by atoms with Crippen LogP contribution >= 0.6 is 34.5 Å². The average molecular weight is 372 g/mol. The lowest BCUT2D eigenvalue weighted by atomic mass is 10.2. The van der Waals surface area contributed by atoms with Crippen LogP contribution in [0.3, 0.4) is 0 Å². The van der Waals surface area contributed by atoms with Crippen LogP contribution in [-0.2, 0) is 11.3 Å². The van der Waals surface area contributed by atoms with Gasteiger partial charge < -0.3 is 9.47 Å². The second-order valence-electron chi connectivity index (χ2n) is 5.16. The van der Waals surface area contributed by atoms with E-state index in [0.717, 1.165) is 16.2 Å². The van der Waals surface area contributed by atoms with Gasteiger partial charge in [0.1, 0.15) is 5.75 Å². The Balaban J connectivity index is 1.91. The van der Waals surface area contributed by atoms with Gasteiger partial charge in [0.05, 0.1) is 17.4 Å². The van der Waals surface area contributed by atoms with Gasteiger partial charge in [-0.25, -0.2) is 4.79 Å². The standard InChI is InChI=1S/C16H15Cl2NO3S/c1-10(17)21-16(20)19-8-11-4-2-3-5-12(11)22-13(9-19)14-6-7-15(18)23-14/h2-7,10,13H,8-9H2,1H3. The van der Waals surface area contributed by atoms with Crippen molar-refractivity contribution in [3.05, 3.63) is 51.2 Å². The minimum Gasteiger partial charge on any atom is -0.483 e. The number of amides is 1. The molecule has 0 fully saturated rings. The van der Waals surface area contributed by atoms with Crippen LogP contribution in [0.4, 0.5) is 4.79 Å². The number of hydrogen-bond acceptors (Lipinski definition) is 4. The minimum absolute atomic E-state index is 0.297. The molecule has 2 aromatic rings. The Hall–Kier alpha value is -1.43. The summed E-state index contributed by atoms with van der Waals surface area (Å²) in [5.41, 5.74) is 0.244. The van der Waals surface area contributed by atoms with E-state index < -0.39 is 11.7 Å². The molecule has 23 heavy (non-hydrogen) atoms. The minimum atomic E-state index is -0.684. The van der Waals surface area contributed by atoms with Gasteiger partial charge in [0.15, 0.2) is 11.7 Å².